The topological polar surface area (TPSA) is 38.3 Å². The highest BCUT2D eigenvalue weighted by Gasteiger charge is 2.38. The van der Waals surface area contributed by atoms with Crippen LogP contribution in [-0.4, -0.2) is 26.0 Å². The van der Waals surface area contributed by atoms with Gasteiger partial charge in [0.05, 0.1) is 12.5 Å². The summed E-state index contributed by atoms with van der Waals surface area (Å²) in [7, 11) is 1.70. The minimum Gasteiger partial charge on any atom is -0.496 e. The lowest BCUT2D eigenvalue weighted by Gasteiger charge is -2.36. The summed E-state index contributed by atoms with van der Waals surface area (Å²) in [4.78, 5) is 12.3. The molecule has 1 aromatic rings. The fourth-order valence-corrected chi connectivity index (χ4v) is 3.18. The molecule has 110 valence electrons. The fourth-order valence-electron chi connectivity index (χ4n) is 3.18. The summed E-state index contributed by atoms with van der Waals surface area (Å²) in [5, 5.41) is 3.35. The van der Waals surface area contributed by atoms with Crippen LogP contribution in [0.4, 0.5) is 0 Å². The van der Waals surface area contributed by atoms with Crippen molar-refractivity contribution in [1.82, 2.24) is 5.32 Å². The first kappa shape index (κ1) is 15.0. The third-order valence-electron chi connectivity index (χ3n) is 4.54. The molecule has 0 saturated carbocycles. The van der Waals surface area contributed by atoms with Crippen LogP contribution in [0.25, 0.3) is 0 Å². The van der Waals surface area contributed by atoms with Crippen molar-refractivity contribution in [2.75, 3.05) is 20.2 Å². The molecule has 0 unspecified atom stereocenters. The van der Waals surface area contributed by atoms with E-state index in [4.69, 9.17) is 4.74 Å². The maximum absolute atomic E-state index is 12.3. The predicted octanol–water partition coefficient (Wildman–Crippen LogP) is 3.03. The van der Waals surface area contributed by atoms with Gasteiger partial charge in [0.1, 0.15) is 11.5 Å². The Kier molecular flexibility index (Phi) is 4.48. The second-order valence-corrected chi connectivity index (χ2v) is 6.00. The molecule has 0 aromatic heterocycles. The molecule has 1 aromatic carbocycles. The molecule has 1 aliphatic heterocycles. The number of benzene rings is 1. The number of carbonyl (C=O) groups excluding carboxylic acids is 1. The molecule has 2 rings (SSSR count). The molecule has 0 amide bonds. The molecule has 20 heavy (non-hydrogen) atoms. The van der Waals surface area contributed by atoms with Gasteiger partial charge in [0, 0.05) is 0 Å². The van der Waals surface area contributed by atoms with E-state index in [9.17, 15) is 4.79 Å². The predicted molar refractivity (Wildman–Crippen MR) is 81.5 cm³/mol. The molecule has 1 saturated heterocycles. The van der Waals surface area contributed by atoms with Gasteiger partial charge in [-0.1, -0.05) is 26.0 Å². The van der Waals surface area contributed by atoms with Gasteiger partial charge in [-0.15, -0.1) is 0 Å². The highest BCUT2D eigenvalue weighted by Crippen LogP contribution is 2.38. The average Bonchev–Trinajstić information content (AvgIpc) is 2.47. The Bertz CT molecular complexity index is 488. The normalized spacial score (nSPS) is 18.1. The Hall–Kier alpha value is -1.35. The summed E-state index contributed by atoms with van der Waals surface area (Å²) in [5.74, 6) is 1.57. The Morgan fingerprint density at radius 3 is 2.45 bits per heavy atom. The van der Waals surface area contributed by atoms with Crippen LogP contribution in [-0.2, 0) is 10.2 Å². The minimum atomic E-state index is -0.318. The van der Waals surface area contributed by atoms with E-state index in [1.807, 2.05) is 6.07 Å². The molecular weight excluding hydrogens is 250 g/mol. The SMILES string of the molecule is COc1ccc(C2(C(C)=O)CCNCC2)cc1C(C)C. The van der Waals surface area contributed by atoms with Crippen LogP contribution in [0.5, 0.6) is 5.75 Å². The van der Waals surface area contributed by atoms with E-state index in [2.05, 4.69) is 31.3 Å². The van der Waals surface area contributed by atoms with Crippen molar-refractivity contribution in [1.29, 1.82) is 0 Å². The molecule has 0 spiro atoms. The molecule has 0 atom stereocenters. The zero-order chi connectivity index (χ0) is 14.8. The number of methoxy groups -OCH3 is 1. The number of hydrogen-bond donors (Lipinski definition) is 1. The van der Waals surface area contributed by atoms with Gasteiger partial charge in [0.25, 0.3) is 0 Å². The second kappa shape index (κ2) is 5.96. The summed E-state index contributed by atoms with van der Waals surface area (Å²) >= 11 is 0. The third-order valence-corrected chi connectivity index (χ3v) is 4.54. The lowest BCUT2D eigenvalue weighted by atomic mass is 9.70. The van der Waals surface area contributed by atoms with Crippen LogP contribution in [0.2, 0.25) is 0 Å². The number of ketones is 1. The number of Topliss-reactive ketones (excluding diaryl/α,β-unsaturated/α-hetero) is 1. The number of hydrogen-bond acceptors (Lipinski definition) is 3. The first-order valence-corrected chi connectivity index (χ1v) is 7.41. The van der Waals surface area contributed by atoms with Crippen LogP contribution >= 0.6 is 0 Å². The van der Waals surface area contributed by atoms with Crippen molar-refractivity contribution in [3.8, 4) is 5.75 Å². The molecule has 1 aliphatic rings. The highest BCUT2D eigenvalue weighted by atomic mass is 16.5. The Balaban J connectivity index is 2.49. The van der Waals surface area contributed by atoms with Gasteiger partial charge >= 0.3 is 0 Å². The van der Waals surface area contributed by atoms with Crippen molar-refractivity contribution >= 4 is 5.78 Å². The number of rotatable bonds is 4. The summed E-state index contributed by atoms with van der Waals surface area (Å²) in [6.45, 7) is 7.85. The van der Waals surface area contributed by atoms with Crippen molar-refractivity contribution < 1.29 is 9.53 Å². The zero-order valence-electron chi connectivity index (χ0n) is 13.0. The standard InChI is InChI=1S/C17H25NO2/c1-12(2)15-11-14(5-6-16(15)20-4)17(13(3)19)7-9-18-10-8-17/h5-6,11-12,18H,7-10H2,1-4H3. The van der Waals surface area contributed by atoms with Crippen molar-refractivity contribution in [2.45, 2.75) is 44.9 Å². The van der Waals surface area contributed by atoms with Gasteiger partial charge in [0.2, 0.25) is 0 Å². The Morgan fingerprint density at radius 2 is 1.95 bits per heavy atom. The maximum Gasteiger partial charge on any atom is 0.140 e. The molecule has 1 fully saturated rings. The highest BCUT2D eigenvalue weighted by molar-refractivity contribution is 5.88. The molecule has 0 radical (unpaired) electrons. The van der Waals surface area contributed by atoms with E-state index in [0.29, 0.717) is 5.92 Å². The monoisotopic (exact) mass is 275 g/mol. The number of ether oxygens (including phenoxy) is 1. The van der Waals surface area contributed by atoms with Gasteiger partial charge in [0.15, 0.2) is 0 Å². The van der Waals surface area contributed by atoms with E-state index >= 15 is 0 Å². The second-order valence-electron chi connectivity index (χ2n) is 6.00. The summed E-state index contributed by atoms with van der Waals surface area (Å²) < 4.78 is 5.45. The molecular formula is C17H25NO2. The third kappa shape index (κ3) is 2.59. The zero-order valence-corrected chi connectivity index (χ0v) is 13.0. The summed E-state index contributed by atoms with van der Waals surface area (Å²) in [5.41, 5.74) is 2.02. The van der Waals surface area contributed by atoms with Crippen molar-refractivity contribution in [3.05, 3.63) is 29.3 Å². The van der Waals surface area contributed by atoms with E-state index in [1.165, 1.54) is 5.56 Å². The van der Waals surface area contributed by atoms with Gasteiger partial charge in [-0.2, -0.15) is 0 Å². The molecule has 3 nitrogen and oxygen atoms in total. The molecule has 3 heteroatoms. The average molecular weight is 275 g/mol. The van der Waals surface area contributed by atoms with E-state index in [-0.39, 0.29) is 11.2 Å². The van der Waals surface area contributed by atoms with E-state index < -0.39 is 0 Å². The largest absolute Gasteiger partial charge is 0.496 e. The quantitative estimate of drug-likeness (QED) is 0.918. The van der Waals surface area contributed by atoms with Gasteiger partial charge in [-0.3, -0.25) is 4.79 Å². The molecule has 0 aliphatic carbocycles. The van der Waals surface area contributed by atoms with Crippen LogP contribution in [0.1, 0.15) is 50.7 Å². The number of piperidine rings is 1. The lowest BCUT2D eigenvalue weighted by molar-refractivity contribution is -0.123. The van der Waals surface area contributed by atoms with Crippen molar-refractivity contribution in [3.63, 3.8) is 0 Å². The first-order chi connectivity index (χ1) is 9.51. The van der Waals surface area contributed by atoms with Gasteiger partial charge < -0.3 is 10.1 Å². The molecule has 0 bridgehead atoms. The van der Waals surface area contributed by atoms with Gasteiger partial charge in [-0.05, 0) is 56.0 Å². The minimum absolute atomic E-state index is 0.277. The van der Waals surface area contributed by atoms with Crippen LogP contribution in [0.3, 0.4) is 0 Å². The van der Waals surface area contributed by atoms with E-state index in [1.54, 1.807) is 14.0 Å². The van der Waals surface area contributed by atoms with Crippen LogP contribution in [0.15, 0.2) is 18.2 Å². The van der Waals surface area contributed by atoms with Crippen LogP contribution < -0.4 is 10.1 Å². The van der Waals surface area contributed by atoms with Crippen LogP contribution in [0, 0.1) is 0 Å². The number of carbonyl (C=O) groups is 1. The summed E-state index contributed by atoms with van der Waals surface area (Å²) in [6.07, 6.45) is 1.76. The van der Waals surface area contributed by atoms with Gasteiger partial charge in [-0.25, -0.2) is 0 Å². The number of nitrogens with one attached hydrogen (secondary N) is 1. The smallest absolute Gasteiger partial charge is 0.140 e. The first-order valence-electron chi connectivity index (χ1n) is 7.41. The molecule has 1 heterocycles. The maximum atomic E-state index is 12.3. The lowest BCUT2D eigenvalue weighted by Crippen LogP contribution is -2.44. The van der Waals surface area contributed by atoms with E-state index in [0.717, 1.165) is 37.2 Å². The van der Waals surface area contributed by atoms with Crippen molar-refractivity contribution in [2.24, 2.45) is 0 Å². The summed E-state index contributed by atoms with van der Waals surface area (Å²) in [6, 6.07) is 6.26. The Morgan fingerprint density at radius 1 is 1.30 bits per heavy atom. The Labute approximate surface area is 121 Å². The fraction of sp³-hybridized carbons (Fsp3) is 0.588. The molecule has 1 N–H and O–H groups in total.